The maximum atomic E-state index is 13.3. The Kier molecular flexibility index (Phi) is 9.87. The van der Waals surface area contributed by atoms with E-state index >= 15 is 0 Å². The number of benzene rings is 2. The van der Waals surface area contributed by atoms with Gasteiger partial charge in [0, 0.05) is 6.54 Å². The van der Waals surface area contributed by atoms with Gasteiger partial charge in [0.2, 0.25) is 11.8 Å². The highest BCUT2D eigenvalue weighted by Gasteiger charge is 2.35. The van der Waals surface area contributed by atoms with Crippen LogP contribution in [0, 0.1) is 5.92 Å². The van der Waals surface area contributed by atoms with E-state index in [2.05, 4.69) is 10.6 Å². The number of ketones is 1. The van der Waals surface area contributed by atoms with E-state index in [0.29, 0.717) is 36.6 Å². The van der Waals surface area contributed by atoms with Gasteiger partial charge < -0.3 is 20.1 Å². The minimum Gasteiger partial charge on any atom is -0.497 e. The number of carbonyl (C=O) groups excluding carboxylic acids is 3. The molecular formula is C28H37N3O5. The van der Waals surface area contributed by atoms with Crippen molar-refractivity contribution in [3.05, 3.63) is 59.7 Å². The van der Waals surface area contributed by atoms with Gasteiger partial charge >= 0.3 is 0 Å². The summed E-state index contributed by atoms with van der Waals surface area (Å²) in [6.45, 7) is 5.06. The minimum absolute atomic E-state index is 0.0396. The summed E-state index contributed by atoms with van der Waals surface area (Å²) in [5.41, 5.74) is 1.41. The van der Waals surface area contributed by atoms with Crippen molar-refractivity contribution < 1.29 is 23.9 Å². The molecule has 3 rings (SSSR count). The predicted octanol–water partition coefficient (Wildman–Crippen LogP) is 3.20. The molecule has 1 aliphatic heterocycles. The van der Waals surface area contributed by atoms with Crippen LogP contribution < -0.4 is 20.1 Å². The first kappa shape index (κ1) is 27.2. The lowest BCUT2D eigenvalue weighted by Crippen LogP contribution is -2.54. The Hall–Kier alpha value is -3.39. The standard InChI is InChI=1S/C28H37N3O5/c1-5-19(2)26(28(34)29-17-20-10-7-6-8-11-20)30-27(33)23-12-9-15-31(23)18-24(32)22-16-21(35-3)13-14-25(22)36-4/h6-8,10-11,13-14,16,19,23,26H,5,9,12,15,17-18H2,1-4H3,(H,29,34)(H,30,33)/t19?,23-,26-/m0/s1. The molecule has 2 aromatic rings. The third kappa shape index (κ3) is 6.85. The summed E-state index contributed by atoms with van der Waals surface area (Å²) in [5, 5.41) is 5.93. The van der Waals surface area contributed by atoms with E-state index in [1.807, 2.05) is 49.1 Å². The Morgan fingerprint density at radius 1 is 1.08 bits per heavy atom. The quantitative estimate of drug-likeness (QED) is 0.439. The highest BCUT2D eigenvalue weighted by Crippen LogP contribution is 2.26. The summed E-state index contributed by atoms with van der Waals surface area (Å²) in [7, 11) is 3.06. The van der Waals surface area contributed by atoms with Crippen LogP contribution in [-0.4, -0.2) is 61.9 Å². The number of likely N-dealkylation sites (tertiary alicyclic amines) is 1. The minimum atomic E-state index is -0.650. The Bertz CT molecular complexity index is 1040. The van der Waals surface area contributed by atoms with E-state index in [0.717, 1.165) is 18.4 Å². The van der Waals surface area contributed by atoms with Crippen molar-refractivity contribution in [2.75, 3.05) is 27.3 Å². The van der Waals surface area contributed by atoms with Crippen molar-refractivity contribution in [1.29, 1.82) is 0 Å². The fourth-order valence-electron chi connectivity index (χ4n) is 4.46. The van der Waals surface area contributed by atoms with Gasteiger partial charge in [0.15, 0.2) is 5.78 Å². The van der Waals surface area contributed by atoms with E-state index in [1.165, 1.54) is 7.11 Å². The maximum Gasteiger partial charge on any atom is 0.243 e. The van der Waals surface area contributed by atoms with Gasteiger partial charge in [-0.05, 0) is 49.1 Å². The van der Waals surface area contributed by atoms with Crippen molar-refractivity contribution in [1.82, 2.24) is 15.5 Å². The molecule has 8 heteroatoms. The van der Waals surface area contributed by atoms with Gasteiger partial charge in [-0.2, -0.15) is 0 Å². The number of ether oxygens (including phenoxy) is 2. The first-order valence-corrected chi connectivity index (χ1v) is 12.5. The molecule has 2 N–H and O–H groups in total. The molecule has 8 nitrogen and oxygen atoms in total. The van der Waals surface area contributed by atoms with Crippen LogP contribution >= 0.6 is 0 Å². The zero-order valence-electron chi connectivity index (χ0n) is 21.6. The largest absolute Gasteiger partial charge is 0.497 e. The summed E-state index contributed by atoms with van der Waals surface area (Å²) in [6.07, 6.45) is 2.17. The van der Waals surface area contributed by atoms with E-state index < -0.39 is 12.1 Å². The average molecular weight is 496 g/mol. The molecule has 0 bridgehead atoms. The summed E-state index contributed by atoms with van der Waals surface area (Å²) in [5.74, 6) is 0.411. The molecule has 1 heterocycles. The zero-order chi connectivity index (χ0) is 26.1. The van der Waals surface area contributed by atoms with Crippen LogP contribution in [0.15, 0.2) is 48.5 Å². The van der Waals surface area contributed by atoms with Gasteiger partial charge in [0.25, 0.3) is 0 Å². The number of methoxy groups -OCH3 is 2. The van der Waals surface area contributed by atoms with Gasteiger partial charge in [-0.25, -0.2) is 0 Å². The molecule has 36 heavy (non-hydrogen) atoms. The summed E-state index contributed by atoms with van der Waals surface area (Å²) < 4.78 is 10.6. The number of rotatable bonds is 12. The molecule has 0 saturated carbocycles. The molecule has 0 aromatic heterocycles. The number of hydrogen-bond donors (Lipinski definition) is 2. The van der Waals surface area contributed by atoms with Crippen LogP contribution in [-0.2, 0) is 16.1 Å². The predicted molar refractivity (Wildman–Crippen MR) is 138 cm³/mol. The van der Waals surface area contributed by atoms with E-state index in [1.54, 1.807) is 25.3 Å². The van der Waals surface area contributed by atoms with Crippen LogP contribution in [0.1, 0.15) is 49.0 Å². The number of amides is 2. The van der Waals surface area contributed by atoms with Gasteiger partial charge in [-0.3, -0.25) is 19.3 Å². The number of Topliss-reactive ketones (excluding diaryl/α,β-unsaturated/α-hetero) is 1. The molecule has 1 saturated heterocycles. The van der Waals surface area contributed by atoms with E-state index in [-0.39, 0.29) is 30.1 Å². The average Bonchev–Trinajstić information content (AvgIpc) is 3.38. The molecule has 0 spiro atoms. The highest BCUT2D eigenvalue weighted by atomic mass is 16.5. The highest BCUT2D eigenvalue weighted by molar-refractivity contribution is 6.01. The number of nitrogens with zero attached hydrogens (tertiary/aromatic N) is 1. The second-order valence-corrected chi connectivity index (χ2v) is 9.19. The number of carbonyl (C=O) groups is 3. The lowest BCUT2D eigenvalue weighted by atomic mass is 9.97. The third-order valence-corrected chi connectivity index (χ3v) is 6.82. The molecule has 2 amide bonds. The van der Waals surface area contributed by atoms with Gasteiger partial charge in [0.05, 0.1) is 32.4 Å². The van der Waals surface area contributed by atoms with Gasteiger partial charge in [0.1, 0.15) is 17.5 Å². The molecule has 194 valence electrons. The zero-order valence-corrected chi connectivity index (χ0v) is 21.6. The maximum absolute atomic E-state index is 13.3. The molecule has 1 aliphatic rings. The third-order valence-electron chi connectivity index (χ3n) is 6.82. The van der Waals surface area contributed by atoms with Gasteiger partial charge in [-0.15, -0.1) is 0 Å². The van der Waals surface area contributed by atoms with Crippen LogP contribution in [0.3, 0.4) is 0 Å². The van der Waals surface area contributed by atoms with E-state index in [4.69, 9.17) is 9.47 Å². The lowest BCUT2D eigenvalue weighted by molar-refractivity contribution is -0.132. The first-order chi connectivity index (χ1) is 17.4. The molecular weight excluding hydrogens is 458 g/mol. The SMILES string of the molecule is CCC(C)[C@H](NC(=O)[C@@H]1CCCN1CC(=O)c1cc(OC)ccc1OC)C(=O)NCc1ccccc1. The Balaban J connectivity index is 1.67. The van der Waals surface area contributed by atoms with Gasteiger partial charge in [-0.1, -0.05) is 50.6 Å². The Morgan fingerprint density at radius 3 is 2.50 bits per heavy atom. The topological polar surface area (TPSA) is 97.0 Å². The molecule has 1 fully saturated rings. The Labute approximate surface area is 213 Å². The monoisotopic (exact) mass is 495 g/mol. The van der Waals surface area contributed by atoms with Crippen LogP contribution in [0.25, 0.3) is 0 Å². The summed E-state index contributed by atoms with van der Waals surface area (Å²) >= 11 is 0. The molecule has 2 aromatic carbocycles. The lowest BCUT2D eigenvalue weighted by Gasteiger charge is -2.28. The normalized spacial score (nSPS) is 17.2. The molecule has 0 radical (unpaired) electrons. The van der Waals surface area contributed by atoms with Crippen LogP contribution in [0.2, 0.25) is 0 Å². The summed E-state index contributed by atoms with van der Waals surface area (Å²) in [4.78, 5) is 41.4. The van der Waals surface area contributed by atoms with Crippen molar-refractivity contribution in [2.45, 2.75) is 51.7 Å². The second-order valence-electron chi connectivity index (χ2n) is 9.19. The van der Waals surface area contributed by atoms with Crippen molar-refractivity contribution in [2.24, 2.45) is 5.92 Å². The van der Waals surface area contributed by atoms with Crippen molar-refractivity contribution in [3.63, 3.8) is 0 Å². The van der Waals surface area contributed by atoms with Crippen molar-refractivity contribution >= 4 is 17.6 Å². The molecule has 1 unspecified atom stereocenters. The smallest absolute Gasteiger partial charge is 0.243 e. The fraction of sp³-hybridized carbons (Fsp3) is 0.464. The molecule has 3 atom stereocenters. The van der Waals surface area contributed by atoms with Crippen LogP contribution in [0.4, 0.5) is 0 Å². The van der Waals surface area contributed by atoms with E-state index in [9.17, 15) is 14.4 Å². The number of hydrogen-bond acceptors (Lipinski definition) is 6. The van der Waals surface area contributed by atoms with Crippen LogP contribution in [0.5, 0.6) is 11.5 Å². The summed E-state index contributed by atoms with van der Waals surface area (Å²) in [6, 6.07) is 13.6. The molecule has 0 aliphatic carbocycles. The first-order valence-electron chi connectivity index (χ1n) is 12.5. The van der Waals surface area contributed by atoms with Crippen molar-refractivity contribution in [3.8, 4) is 11.5 Å². The fourth-order valence-corrected chi connectivity index (χ4v) is 4.46. The second kappa shape index (κ2) is 13.1. The number of nitrogens with one attached hydrogen (secondary N) is 2. The Morgan fingerprint density at radius 2 is 1.83 bits per heavy atom.